The molecule has 0 fully saturated rings. The zero-order chi connectivity index (χ0) is 10.5. The van der Waals surface area contributed by atoms with E-state index in [1.807, 2.05) is 0 Å². The molecule has 0 saturated carbocycles. The van der Waals surface area contributed by atoms with Crippen LogP contribution in [0, 0.1) is 11.3 Å². The Bertz CT molecular complexity index is 127. The molecule has 13 heavy (non-hydrogen) atoms. The Hall–Kier alpha value is 0.137. The highest BCUT2D eigenvalue weighted by Crippen LogP contribution is 2.25. The summed E-state index contributed by atoms with van der Waals surface area (Å²) in [7, 11) is 0.756. The monoisotopic (exact) mass is 204 g/mol. The Labute approximate surface area is 85.5 Å². The molecule has 80 valence electrons. The van der Waals surface area contributed by atoms with Crippen molar-refractivity contribution < 1.29 is 9.16 Å². The number of ether oxygens (including phenoxy) is 1. The highest BCUT2D eigenvalue weighted by Gasteiger charge is 2.20. The molecule has 0 aromatic heterocycles. The average molecular weight is 204 g/mol. The molecule has 3 heteroatoms. The van der Waals surface area contributed by atoms with Crippen molar-refractivity contribution in [2.75, 3.05) is 6.61 Å². The third kappa shape index (κ3) is 5.44. The summed E-state index contributed by atoms with van der Waals surface area (Å²) in [6.45, 7) is 11.8. The fourth-order valence-corrected chi connectivity index (χ4v) is 1.32. The molecule has 0 aliphatic rings. The second-order valence-electron chi connectivity index (χ2n) is 4.67. The van der Waals surface area contributed by atoms with Crippen molar-refractivity contribution in [3.63, 3.8) is 0 Å². The molecule has 2 nitrogen and oxygen atoms in total. The van der Waals surface area contributed by atoms with Gasteiger partial charge < -0.3 is 9.16 Å². The number of hydrogen-bond donors (Lipinski definition) is 0. The summed E-state index contributed by atoms with van der Waals surface area (Å²) < 4.78 is 10.9. The van der Waals surface area contributed by atoms with E-state index in [1.54, 1.807) is 0 Å². The summed E-state index contributed by atoms with van der Waals surface area (Å²) in [4.78, 5) is 0. The first kappa shape index (κ1) is 13.1. The molecular weight excluding hydrogens is 180 g/mol. The van der Waals surface area contributed by atoms with Crippen molar-refractivity contribution in [1.82, 2.24) is 0 Å². The van der Waals surface area contributed by atoms with Crippen molar-refractivity contribution in [2.24, 2.45) is 11.3 Å². The van der Waals surface area contributed by atoms with Gasteiger partial charge in [-0.2, -0.15) is 0 Å². The summed E-state index contributed by atoms with van der Waals surface area (Å²) in [6, 6.07) is 0. The van der Waals surface area contributed by atoms with Crippen molar-refractivity contribution >= 4 is 10.5 Å². The Morgan fingerprint density at radius 3 is 2.15 bits per heavy atom. The van der Waals surface area contributed by atoms with Crippen LogP contribution in [0.25, 0.3) is 0 Å². The first-order valence-electron chi connectivity index (χ1n) is 5.06. The van der Waals surface area contributed by atoms with Crippen LogP contribution in [0.1, 0.15) is 41.0 Å². The topological polar surface area (TPSA) is 18.5 Å². The number of hydrogen-bond acceptors (Lipinski definition) is 2. The van der Waals surface area contributed by atoms with Crippen LogP contribution in [0.15, 0.2) is 0 Å². The lowest BCUT2D eigenvalue weighted by atomic mass is 9.83. The summed E-state index contributed by atoms with van der Waals surface area (Å²) >= 11 is 0. The van der Waals surface area contributed by atoms with Gasteiger partial charge in [0.15, 0.2) is 0 Å². The van der Waals surface area contributed by atoms with Crippen LogP contribution >= 0.6 is 0 Å². The fraction of sp³-hybridized carbons (Fsp3) is 1.00. The second-order valence-corrected chi connectivity index (χ2v) is 5.15. The molecule has 0 radical (unpaired) electrons. The predicted octanol–water partition coefficient (Wildman–Crippen LogP) is 1.72. The summed E-state index contributed by atoms with van der Waals surface area (Å²) in [5, 5.41) is 0. The van der Waals surface area contributed by atoms with Gasteiger partial charge in [0.05, 0.1) is 6.61 Å². The van der Waals surface area contributed by atoms with Crippen LogP contribution in [0.4, 0.5) is 0 Å². The average Bonchev–Trinajstić information content (AvgIpc) is 2.04. The van der Waals surface area contributed by atoms with E-state index in [4.69, 9.17) is 9.16 Å². The minimum Gasteiger partial charge on any atom is -0.404 e. The van der Waals surface area contributed by atoms with Gasteiger partial charge in [-0.05, 0) is 17.8 Å². The standard InChI is InChI=1S/C10H24O2Si/c1-6-9(12-13)11-7-8(2)10(3,4)5/h8-9H,6-7H2,1-5,13H3. The van der Waals surface area contributed by atoms with Gasteiger partial charge in [0.25, 0.3) is 0 Å². The van der Waals surface area contributed by atoms with Gasteiger partial charge >= 0.3 is 0 Å². The van der Waals surface area contributed by atoms with Crippen LogP contribution in [0.2, 0.25) is 0 Å². The lowest BCUT2D eigenvalue weighted by Gasteiger charge is -2.28. The molecule has 0 aromatic carbocycles. The maximum absolute atomic E-state index is 5.64. The van der Waals surface area contributed by atoms with E-state index < -0.39 is 0 Å². The molecule has 0 aliphatic carbocycles. The van der Waals surface area contributed by atoms with E-state index in [0.717, 1.165) is 23.5 Å². The highest BCUT2D eigenvalue weighted by molar-refractivity contribution is 5.98. The summed E-state index contributed by atoms with van der Waals surface area (Å²) in [5.74, 6) is 0.568. The second kappa shape index (κ2) is 5.78. The van der Waals surface area contributed by atoms with E-state index in [1.165, 1.54) is 0 Å². The first-order valence-corrected chi connectivity index (χ1v) is 5.87. The third-order valence-electron chi connectivity index (χ3n) is 2.61. The largest absolute Gasteiger partial charge is 0.404 e. The number of rotatable bonds is 5. The van der Waals surface area contributed by atoms with Crippen molar-refractivity contribution in [1.29, 1.82) is 0 Å². The molecule has 0 aromatic rings. The Balaban J connectivity index is 3.75. The van der Waals surface area contributed by atoms with Gasteiger partial charge in [-0.1, -0.05) is 34.6 Å². The van der Waals surface area contributed by atoms with Gasteiger partial charge in [-0.3, -0.25) is 0 Å². The Morgan fingerprint density at radius 1 is 1.31 bits per heavy atom. The molecular formula is C10H24O2Si. The van der Waals surface area contributed by atoms with Gasteiger partial charge in [0.1, 0.15) is 16.8 Å². The SMILES string of the molecule is CCC(O[SiH3])OCC(C)C(C)(C)C. The van der Waals surface area contributed by atoms with Crippen LogP contribution in [0.5, 0.6) is 0 Å². The minimum atomic E-state index is 0.0245. The maximum atomic E-state index is 5.64. The molecule has 2 unspecified atom stereocenters. The molecule has 0 aliphatic heterocycles. The molecule has 0 N–H and O–H groups in total. The van der Waals surface area contributed by atoms with Crippen molar-refractivity contribution in [3.8, 4) is 0 Å². The van der Waals surface area contributed by atoms with E-state index in [-0.39, 0.29) is 6.29 Å². The smallest absolute Gasteiger partial charge is 0.149 e. The van der Waals surface area contributed by atoms with Crippen LogP contribution < -0.4 is 0 Å². The molecule has 0 bridgehead atoms. The van der Waals surface area contributed by atoms with Gasteiger partial charge in [-0.25, -0.2) is 0 Å². The maximum Gasteiger partial charge on any atom is 0.149 e. The van der Waals surface area contributed by atoms with Crippen molar-refractivity contribution in [3.05, 3.63) is 0 Å². The zero-order valence-corrected chi connectivity index (χ0v) is 11.9. The van der Waals surface area contributed by atoms with Crippen molar-refractivity contribution in [2.45, 2.75) is 47.3 Å². The normalized spacial score (nSPS) is 17.3. The molecule has 2 atom stereocenters. The lowest BCUT2D eigenvalue weighted by molar-refractivity contribution is -0.0977. The molecule has 0 spiro atoms. The fourth-order valence-electron chi connectivity index (χ4n) is 0.854. The predicted molar refractivity (Wildman–Crippen MR) is 59.7 cm³/mol. The van der Waals surface area contributed by atoms with E-state index >= 15 is 0 Å². The molecule has 0 heterocycles. The molecule has 0 saturated heterocycles. The zero-order valence-electron chi connectivity index (χ0n) is 9.89. The third-order valence-corrected chi connectivity index (χ3v) is 3.13. The summed E-state index contributed by atoms with van der Waals surface area (Å²) in [6.07, 6.45) is 0.969. The first-order chi connectivity index (χ1) is 5.91. The molecule has 0 rings (SSSR count). The van der Waals surface area contributed by atoms with Gasteiger partial charge in [0, 0.05) is 0 Å². The molecule has 0 amide bonds. The van der Waals surface area contributed by atoms with Crippen LogP contribution in [-0.4, -0.2) is 23.4 Å². The van der Waals surface area contributed by atoms with Crippen LogP contribution in [-0.2, 0) is 9.16 Å². The highest BCUT2D eigenvalue weighted by atomic mass is 28.2. The van der Waals surface area contributed by atoms with E-state index in [2.05, 4.69) is 34.6 Å². The summed E-state index contributed by atoms with van der Waals surface area (Å²) in [5.41, 5.74) is 0.323. The van der Waals surface area contributed by atoms with E-state index in [9.17, 15) is 0 Å². The van der Waals surface area contributed by atoms with Gasteiger partial charge in [-0.15, -0.1) is 0 Å². The Morgan fingerprint density at radius 2 is 1.85 bits per heavy atom. The lowest BCUT2D eigenvalue weighted by Crippen LogP contribution is -2.26. The van der Waals surface area contributed by atoms with Crippen LogP contribution in [0.3, 0.4) is 0 Å². The van der Waals surface area contributed by atoms with Gasteiger partial charge in [0.2, 0.25) is 0 Å². The minimum absolute atomic E-state index is 0.0245. The quantitative estimate of drug-likeness (QED) is 0.501. The Kier molecular flexibility index (Phi) is 5.84. The van der Waals surface area contributed by atoms with E-state index in [0.29, 0.717) is 11.3 Å².